The Balaban J connectivity index is 1.78. The molecule has 2 heterocycles. The number of nitrogens with one attached hydrogen (secondary N) is 1. The van der Waals surface area contributed by atoms with E-state index in [-0.39, 0.29) is 5.71 Å². The molecule has 0 radical (unpaired) electrons. The number of allylic oxidation sites excluding steroid dienone is 1. The predicted octanol–water partition coefficient (Wildman–Crippen LogP) is 3.49. The molecular formula is C16H14F3N3O2. The highest BCUT2D eigenvalue weighted by molar-refractivity contribution is 6.01. The number of benzene rings is 1. The number of aromatic nitrogens is 2. The van der Waals surface area contributed by atoms with Crippen molar-refractivity contribution in [1.29, 1.82) is 0 Å². The summed E-state index contributed by atoms with van der Waals surface area (Å²) in [7, 11) is 0. The van der Waals surface area contributed by atoms with Crippen molar-refractivity contribution in [3.8, 4) is 11.3 Å². The van der Waals surface area contributed by atoms with Crippen molar-refractivity contribution in [3.05, 3.63) is 47.9 Å². The molecule has 2 N–H and O–H groups in total. The van der Waals surface area contributed by atoms with Crippen molar-refractivity contribution in [3.63, 3.8) is 0 Å². The summed E-state index contributed by atoms with van der Waals surface area (Å²) in [6.07, 6.45) is -0.308. The molecule has 1 aromatic carbocycles. The molecule has 0 aliphatic carbocycles. The van der Waals surface area contributed by atoms with Gasteiger partial charge >= 0.3 is 12.0 Å². The van der Waals surface area contributed by atoms with E-state index in [4.69, 9.17) is 0 Å². The Bertz CT molecular complexity index is 794. The first-order valence-corrected chi connectivity index (χ1v) is 7.15. The van der Waals surface area contributed by atoms with Crippen LogP contribution in [-0.4, -0.2) is 32.7 Å². The third-order valence-corrected chi connectivity index (χ3v) is 3.61. The Morgan fingerprint density at radius 1 is 1.25 bits per heavy atom. The average molecular weight is 337 g/mol. The monoisotopic (exact) mass is 337 g/mol. The van der Waals surface area contributed by atoms with Crippen molar-refractivity contribution >= 4 is 11.8 Å². The quantitative estimate of drug-likeness (QED) is 0.901. The number of oxime groups is 1. The van der Waals surface area contributed by atoms with Gasteiger partial charge in [-0.1, -0.05) is 35.5 Å². The van der Waals surface area contributed by atoms with Crippen LogP contribution in [0, 0.1) is 0 Å². The molecule has 0 fully saturated rings. The second kappa shape index (κ2) is 5.79. The zero-order valence-corrected chi connectivity index (χ0v) is 12.6. The molecule has 126 valence electrons. The van der Waals surface area contributed by atoms with Crippen LogP contribution in [0.25, 0.3) is 17.3 Å². The van der Waals surface area contributed by atoms with E-state index in [0.717, 1.165) is 11.3 Å². The summed E-state index contributed by atoms with van der Waals surface area (Å²) < 4.78 is 38.2. The highest BCUT2D eigenvalue weighted by Gasteiger charge is 2.60. The van der Waals surface area contributed by atoms with E-state index in [1.165, 1.54) is 0 Å². The summed E-state index contributed by atoms with van der Waals surface area (Å²) in [6, 6.07) is 6.71. The largest absolute Gasteiger partial charge is 0.458 e. The smallest absolute Gasteiger partial charge is 0.350 e. The van der Waals surface area contributed by atoms with E-state index >= 15 is 0 Å². The van der Waals surface area contributed by atoms with Gasteiger partial charge in [-0.05, 0) is 24.1 Å². The number of H-pyrrole nitrogens is 1. The van der Waals surface area contributed by atoms with Crippen LogP contribution < -0.4 is 0 Å². The lowest BCUT2D eigenvalue weighted by atomic mass is 10.0. The van der Waals surface area contributed by atoms with Gasteiger partial charge in [-0.15, -0.1) is 0 Å². The van der Waals surface area contributed by atoms with Gasteiger partial charge in [0.25, 0.3) is 0 Å². The standard InChI is InChI=1S/C16H14F3N3O2/c1-2-3-14-20-9-13(21-14)11-6-4-10(5-7-11)12-8-15(23,24-22-12)16(17,18)19/h2-7,9,23H,8H2,1H3,(H,20,21)/b3-2+. The number of imidazole rings is 1. The first-order valence-electron chi connectivity index (χ1n) is 7.15. The van der Waals surface area contributed by atoms with Crippen LogP contribution in [0.2, 0.25) is 0 Å². The van der Waals surface area contributed by atoms with E-state index < -0.39 is 18.4 Å². The summed E-state index contributed by atoms with van der Waals surface area (Å²) in [5.41, 5.74) is 2.10. The third-order valence-electron chi connectivity index (χ3n) is 3.61. The number of aromatic amines is 1. The second-order valence-electron chi connectivity index (χ2n) is 5.35. The van der Waals surface area contributed by atoms with Gasteiger partial charge in [0.05, 0.1) is 24.0 Å². The first kappa shape index (κ1) is 16.3. The highest BCUT2D eigenvalue weighted by Crippen LogP contribution is 2.39. The van der Waals surface area contributed by atoms with Crippen LogP contribution >= 0.6 is 0 Å². The molecular weight excluding hydrogens is 323 g/mol. The van der Waals surface area contributed by atoms with Crippen LogP contribution in [0.1, 0.15) is 24.7 Å². The van der Waals surface area contributed by atoms with E-state index in [1.807, 2.05) is 19.1 Å². The molecule has 1 aliphatic rings. The summed E-state index contributed by atoms with van der Waals surface area (Å²) in [6.45, 7) is 1.88. The van der Waals surface area contributed by atoms with Crippen molar-refractivity contribution in [2.45, 2.75) is 25.3 Å². The molecule has 1 atom stereocenters. The highest BCUT2D eigenvalue weighted by atomic mass is 19.4. The maximum atomic E-state index is 12.7. The van der Waals surface area contributed by atoms with E-state index in [2.05, 4.69) is 20.0 Å². The number of aliphatic hydroxyl groups is 1. The van der Waals surface area contributed by atoms with Crippen LogP contribution in [0.3, 0.4) is 0 Å². The topological polar surface area (TPSA) is 70.5 Å². The van der Waals surface area contributed by atoms with Crippen LogP contribution in [-0.2, 0) is 4.84 Å². The molecule has 0 bridgehead atoms. The molecule has 0 amide bonds. The summed E-state index contributed by atoms with van der Waals surface area (Å²) >= 11 is 0. The number of rotatable bonds is 3. The maximum Gasteiger partial charge on any atom is 0.458 e. The molecule has 0 saturated heterocycles. The lowest BCUT2D eigenvalue weighted by Gasteiger charge is -2.22. The van der Waals surface area contributed by atoms with Crippen LogP contribution in [0.5, 0.6) is 0 Å². The lowest BCUT2D eigenvalue weighted by Crippen LogP contribution is -2.45. The Kier molecular flexibility index (Phi) is 3.92. The number of hydrogen-bond donors (Lipinski definition) is 2. The fourth-order valence-electron chi connectivity index (χ4n) is 2.30. The third kappa shape index (κ3) is 2.92. The van der Waals surface area contributed by atoms with Gasteiger partial charge in [-0.3, -0.25) is 0 Å². The molecule has 1 aliphatic heterocycles. The summed E-state index contributed by atoms with van der Waals surface area (Å²) in [4.78, 5) is 11.5. The normalized spacial score (nSPS) is 21.1. The molecule has 24 heavy (non-hydrogen) atoms. The summed E-state index contributed by atoms with van der Waals surface area (Å²) in [5, 5.41) is 12.8. The van der Waals surface area contributed by atoms with Gasteiger partial charge in [0.1, 0.15) is 5.82 Å². The van der Waals surface area contributed by atoms with Crippen molar-refractivity contribution < 1.29 is 23.1 Å². The number of halogens is 3. The Morgan fingerprint density at radius 2 is 1.92 bits per heavy atom. The predicted molar refractivity (Wildman–Crippen MR) is 82.0 cm³/mol. The molecule has 2 aromatic rings. The Hall–Kier alpha value is -2.61. The molecule has 8 heteroatoms. The minimum atomic E-state index is -4.91. The molecule has 5 nitrogen and oxygen atoms in total. The fourth-order valence-corrected chi connectivity index (χ4v) is 2.30. The fraction of sp³-hybridized carbons (Fsp3) is 0.250. The first-order chi connectivity index (χ1) is 11.3. The SMILES string of the molecule is C/C=C/c1ncc(-c2ccc(C3=NOC(O)(C(F)(F)F)C3)cc2)[nH]1. The van der Waals surface area contributed by atoms with E-state index in [1.54, 1.807) is 30.5 Å². The maximum absolute atomic E-state index is 12.7. The molecule has 3 rings (SSSR count). The van der Waals surface area contributed by atoms with Crippen LogP contribution in [0.4, 0.5) is 13.2 Å². The van der Waals surface area contributed by atoms with Gasteiger partial charge in [0, 0.05) is 0 Å². The number of hydrogen-bond acceptors (Lipinski definition) is 4. The number of nitrogens with zero attached hydrogens (tertiary/aromatic N) is 2. The molecule has 0 spiro atoms. The Morgan fingerprint density at radius 3 is 2.50 bits per heavy atom. The van der Waals surface area contributed by atoms with Gasteiger partial charge < -0.3 is 14.9 Å². The molecule has 0 saturated carbocycles. The Labute approximate surface area is 135 Å². The van der Waals surface area contributed by atoms with Gasteiger partial charge in [0.15, 0.2) is 0 Å². The second-order valence-corrected chi connectivity index (χ2v) is 5.35. The summed E-state index contributed by atoms with van der Waals surface area (Å²) in [5.74, 6) is -2.55. The zero-order chi connectivity index (χ0) is 17.4. The van der Waals surface area contributed by atoms with Crippen molar-refractivity contribution in [2.75, 3.05) is 0 Å². The minimum Gasteiger partial charge on any atom is -0.350 e. The van der Waals surface area contributed by atoms with Gasteiger partial charge in [0.2, 0.25) is 0 Å². The van der Waals surface area contributed by atoms with E-state index in [9.17, 15) is 18.3 Å². The van der Waals surface area contributed by atoms with Crippen molar-refractivity contribution in [2.24, 2.45) is 5.16 Å². The van der Waals surface area contributed by atoms with Crippen LogP contribution in [0.15, 0.2) is 41.7 Å². The zero-order valence-electron chi connectivity index (χ0n) is 12.6. The van der Waals surface area contributed by atoms with E-state index in [0.29, 0.717) is 11.4 Å². The van der Waals surface area contributed by atoms with Crippen molar-refractivity contribution in [1.82, 2.24) is 9.97 Å². The minimum absolute atomic E-state index is 0.0422. The average Bonchev–Trinajstić information content (AvgIpc) is 3.15. The molecule has 1 aromatic heterocycles. The number of alkyl halides is 3. The van der Waals surface area contributed by atoms with Gasteiger partial charge in [-0.2, -0.15) is 13.2 Å². The van der Waals surface area contributed by atoms with Gasteiger partial charge in [-0.25, -0.2) is 4.98 Å². The lowest BCUT2D eigenvalue weighted by molar-refractivity contribution is -0.355. The molecule has 1 unspecified atom stereocenters.